The van der Waals surface area contributed by atoms with Crippen LogP contribution in [0.3, 0.4) is 0 Å². The zero-order valence-corrected chi connectivity index (χ0v) is 23.3. The van der Waals surface area contributed by atoms with Crippen LogP contribution < -0.4 is 5.73 Å². The van der Waals surface area contributed by atoms with Crippen LogP contribution in [0.4, 0.5) is 5.69 Å². The number of benzene rings is 2. The van der Waals surface area contributed by atoms with Crippen molar-refractivity contribution in [2.24, 2.45) is 0 Å². The van der Waals surface area contributed by atoms with Gasteiger partial charge in [-0.05, 0) is 12.1 Å². The second-order valence-corrected chi connectivity index (χ2v) is 6.72. The SMILES string of the molecule is Nc1c(S(=O)(=O)O)cc(S(=O)(=O)O)c2cccc(O)c12.[Na].[Na].[Na].[Na]. The number of hydrogen-bond donors (Lipinski definition) is 4. The first-order valence-corrected chi connectivity index (χ1v) is 7.90. The van der Waals surface area contributed by atoms with Crippen molar-refractivity contribution >= 4 is 155 Å². The van der Waals surface area contributed by atoms with Crippen LogP contribution in [0.5, 0.6) is 5.75 Å². The summed E-state index contributed by atoms with van der Waals surface area (Å²) in [6.07, 6.45) is 0. The minimum absolute atomic E-state index is 0. The Hall–Kier alpha value is 2.12. The number of anilines is 1. The summed E-state index contributed by atoms with van der Waals surface area (Å²) >= 11 is 0. The van der Waals surface area contributed by atoms with E-state index in [1.807, 2.05) is 0 Å². The molecule has 112 valence electrons. The molecule has 0 fully saturated rings. The van der Waals surface area contributed by atoms with Crippen molar-refractivity contribution in [2.75, 3.05) is 5.73 Å². The molecule has 0 saturated heterocycles. The molecule has 5 N–H and O–H groups in total. The summed E-state index contributed by atoms with van der Waals surface area (Å²) < 4.78 is 63.2. The van der Waals surface area contributed by atoms with Gasteiger partial charge in [0.1, 0.15) is 15.5 Å². The van der Waals surface area contributed by atoms with E-state index in [0.717, 1.165) is 6.07 Å². The summed E-state index contributed by atoms with van der Waals surface area (Å²) in [6, 6.07) is 4.20. The van der Waals surface area contributed by atoms with Gasteiger partial charge >= 0.3 is 0 Å². The third-order valence-corrected chi connectivity index (χ3v) is 4.45. The standard InChI is InChI=1S/C10H9NO7S2.4Na/c11-10-8(20(16,17)18)4-7(19(13,14)15)5-2-1-3-6(12)9(5)10;;;;/h1-4,12H,11H2,(H,13,14,15)(H,16,17,18);;;;. The van der Waals surface area contributed by atoms with Crippen molar-refractivity contribution in [2.45, 2.75) is 9.79 Å². The minimum atomic E-state index is -4.84. The van der Waals surface area contributed by atoms with E-state index in [4.69, 9.17) is 14.8 Å². The number of rotatable bonds is 2. The number of aromatic hydroxyl groups is 1. The fourth-order valence-corrected chi connectivity index (χ4v) is 3.29. The van der Waals surface area contributed by atoms with E-state index in [0.29, 0.717) is 6.07 Å². The normalized spacial score (nSPS) is 10.6. The first kappa shape index (κ1) is 30.8. The molecular formula is C10H9NNa4O7S2. The second kappa shape index (κ2) is 11.2. The van der Waals surface area contributed by atoms with Crippen molar-refractivity contribution in [1.29, 1.82) is 0 Å². The van der Waals surface area contributed by atoms with E-state index in [2.05, 4.69) is 0 Å². The van der Waals surface area contributed by atoms with Crippen LogP contribution >= 0.6 is 0 Å². The Balaban J connectivity index is -0.00000110. The molecule has 2 rings (SSSR count). The van der Waals surface area contributed by atoms with E-state index >= 15 is 0 Å². The molecule has 2 aromatic carbocycles. The maximum Gasteiger partial charge on any atom is 0.296 e. The summed E-state index contributed by atoms with van der Waals surface area (Å²) in [5.41, 5.74) is 5.02. The van der Waals surface area contributed by atoms with Gasteiger partial charge in [-0.15, -0.1) is 0 Å². The third kappa shape index (κ3) is 6.62. The number of nitrogens with two attached hydrogens (primary N) is 1. The molecule has 0 amide bonds. The predicted octanol–water partition coefficient (Wildman–Crippen LogP) is -0.902. The zero-order valence-electron chi connectivity index (χ0n) is 13.7. The topological polar surface area (TPSA) is 155 Å². The molecular weight excluding hydrogens is 402 g/mol. The summed E-state index contributed by atoms with van der Waals surface area (Å²) in [5.74, 6) is -0.490. The molecule has 4 radical (unpaired) electrons. The van der Waals surface area contributed by atoms with Gasteiger partial charge in [0.25, 0.3) is 20.2 Å². The molecule has 0 atom stereocenters. The molecule has 8 nitrogen and oxygen atoms in total. The van der Waals surface area contributed by atoms with Crippen molar-refractivity contribution in [3.8, 4) is 5.75 Å². The fraction of sp³-hybridized carbons (Fsp3) is 0. The smallest absolute Gasteiger partial charge is 0.296 e. The van der Waals surface area contributed by atoms with E-state index < -0.39 is 41.5 Å². The molecule has 0 heterocycles. The van der Waals surface area contributed by atoms with Crippen LogP contribution in [0, 0.1) is 0 Å². The monoisotopic (exact) mass is 411 g/mol. The van der Waals surface area contributed by atoms with Gasteiger partial charge in [0.15, 0.2) is 0 Å². The molecule has 14 heteroatoms. The van der Waals surface area contributed by atoms with Gasteiger partial charge in [0, 0.05) is 129 Å². The Labute approximate surface area is 227 Å². The predicted molar refractivity (Wildman–Crippen MR) is 92.7 cm³/mol. The molecule has 24 heavy (non-hydrogen) atoms. The molecule has 0 spiro atoms. The Morgan fingerprint density at radius 1 is 0.833 bits per heavy atom. The third-order valence-electron chi connectivity index (χ3n) is 2.66. The van der Waals surface area contributed by atoms with Gasteiger partial charge in [-0.1, -0.05) is 12.1 Å². The Morgan fingerprint density at radius 3 is 1.71 bits per heavy atom. The molecule has 0 unspecified atom stereocenters. The summed E-state index contributed by atoms with van der Waals surface area (Å²) in [6.45, 7) is 0. The van der Waals surface area contributed by atoms with Crippen LogP contribution in [0.15, 0.2) is 34.1 Å². The largest absolute Gasteiger partial charge is 0.507 e. The van der Waals surface area contributed by atoms with E-state index in [-0.39, 0.29) is 129 Å². The number of phenolic OH excluding ortho intramolecular Hbond substituents is 1. The number of hydrogen-bond acceptors (Lipinski definition) is 6. The molecule has 0 aliphatic carbocycles. The fourth-order valence-electron chi connectivity index (χ4n) is 1.85. The first-order chi connectivity index (χ1) is 9.03. The average molecular weight is 411 g/mol. The molecule has 0 aliphatic rings. The first-order valence-electron chi connectivity index (χ1n) is 5.02. The summed E-state index contributed by atoms with van der Waals surface area (Å²) in [7, 11) is -9.62. The average Bonchev–Trinajstić information content (AvgIpc) is 2.25. The van der Waals surface area contributed by atoms with Gasteiger partial charge in [-0.2, -0.15) is 16.8 Å². The van der Waals surface area contributed by atoms with Crippen molar-refractivity contribution < 1.29 is 31.0 Å². The molecule has 2 aromatic rings. The maximum atomic E-state index is 11.3. The molecule has 0 aromatic heterocycles. The van der Waals surface area contributed by atoms with Gasteiger partial charge in [0.05, 0.1) is 5.69 Å². The Bertz CT molecular complexity index is 932. The number of phenols is 1. The molecule has 0 bridgehead atoms. The van der Waals surface area contributed by atoms with Gasteiger partial charge in [-0.3, -0.25) is 9.11 Å². The Kier molecular flexibility index (Phi) is 14.4. The van der Waals surface area contributed by atoms with Crippen LogP contribution in [0.2, 0.25) is 0 Å². The zero-order chi connectivity index (χ0) is 15.3. The molecule has 0 saturated carbocycles. The number of fused-ring (bicyclic) bond motifs is 1. The van der Waals surface area contributed by atoms with Gasteiger partial charge < -0.3 is 10.8 Å². The van der Waals surface area contributed by atoms with Crippen LogP contribution in [-0.4, -0.2) is 149 Å². The van der Waals surface area contributed by atoms with Crippen molar-refractivity contribution in [3.63, 3.8) is 0 Å². The number of nitrogen functional groups attached to an aromatic ring is 1. The van der Waals surface area contributed by atoms with Crippen molar-refractivity contribution in [3.05, 3.63) is 24.3 Å². The van der Waals surface area contributed by atoms with Gasteiger partial charge in [-0.25, -0.2) is 0 Å². The van der Waals surface area contributed by atoms with E-state index in [1.165, 1.54) is 12.1 Å². The summed E-state index contributed by atoms with van der Waals surface area (Å²) in [4.78, 5) is -1.70. The van der Waals surface area contributed by atoms with E-state index in [9.17, 15) is 21.9 Å². The van der Waals surface area contributed by atoms with Crippen LogP contribution in [0.25, 0.3) is 10.8 Å². The van der Waals surface area contributed by atoms with Crippen molar-refractivity contribution in [1.82, 2.24) is 0 Å². The van der Waals surface area contributed by atoms with Gasteiger partial charge in [0.2, 0.25) is 0 Å². The van der Waals surface area contributed by atoms with Crippen LogP contribution in [-0.2, 0) is 20.2 Å². The molecule has 0 aliphatic heterocycles. The van der Waals surface area contributed by atoms with E-state index in [1.54, 1.807) is 0 Å². The quantitative estimate of drug-likeness (QED) is 0.282. The Morgan fingerprint density at radius 2 is 1.29 bits per heavy atom. The van der Waals surface area contributed by atoms with Crippen LogP contribution in [0.1, 0.15) is 0 Å². The maximum absolute atomic E-state index is 11.3. The summed E-state index contributed by atoms with van der Waals surface area (Å²) in [5, 5.41) is 9.23. The minimum Gasteiger partial charge on any atom is -0.507 e. The second-order valence-electron chi connectivity index (χ2n) is 3.94.